The van der Waals surface area contributed by atoms with Crippen molar-refractivity contribution in [3.63, 3.8) is 0 Å². The summed E-state index contributed by atoms with van der Waals surface area (Å²) in [4.78, 5) is 12.7. The molecule has 0 bridgehead atoms. The fourth-order valence-electron chi connectivity index (χ4n) is 1.08. The van der Waals surface area contributed by atoms with E-state index in [4.69, 9.17) is 0 Å². The van der Waals surface area contributed by atoms with Gasteiger partial charge in [-0.15, -0.1) is 0 Å². The molecule has 102 valence electrons. The van der Waals surface area contributed by atoms with Crippen LogP contribution in [0, 0.1) is 0 Å². The Morgan fingerprint density at radius 2 is 1.76 bits per heavy atom. The summed E-state index contributed by atoms with van der Waals surface area (Å²) < 4.78 is 27.5. The number of esters is 1. The van der Waals surface area contributed by atoms with E-state index in [1.165, 1.54) is 7.11 Å². The Morgan fingerprint density at radius 3 is 2.18 bits per heavy atom. The van der Waals surface area contributed by atoms with Crippen LogP contribution in [0.1, 0.15) is 27.2 Å². The van der Waals surface area contributed by atoms with Crippen molar-refractivity contribution in [3.05, 3.63) is 0 Å². The second-order valence-electron chi connectivity index (χ2n) is 5.06. The Morgan fingerprint density at radius 1 is 1.24 bits per heavy atom. The number of carbonyl (C=O) groups is 1. The first-order valence-corrected chi connectivity index (χ1v) is 7.23. The molecule has 0 heterocycles. The quantitative estimate of drug-likeness (QED) is 0.661. The van der Waals surface area contributed by atoms with E-state index in [-0.39, 0.29) is 18.1 Å². The van der Waals surface area contributed by atoms with Crippen LogP contribution in [0.5, 0.6) is 0 Å². The highest BCUT2D eigenvalue weighted by Crippen LogP contribution is 2.15. The zero-order valence-electron chi connectivity index (χ0n) is 11.3. The zero-order chi connectivity index (χ0) is 13.7. The Hall–Kier alpha value is -0.620. The first-order valence-electron chi connectivity index (χ1n) is 5.58. The largest absolute Gasteiger partial charge is 0.469 e. The molecule has 0 radical (unpaired) electrons. The summed E-state index contributed by atoms with van der Waals surface area (Å²) in [7, 11) is 0.0377. The molecule has 0 aliphatic heterocycles. The highest BCUT2D eigenvalue weighted by Gasteiger charge is 2.28. The number of methoxy groups -OCH3 is 1. The van der Waals surface area contributed by atoms with Gasteiger partial charge in [0.2, 0.25) is 0 Å². The van der Waals surface area contributed by atoms with Gasteiger partial charge >= 0.3 is 5.97 Å². The summed E-state index contributed by atoms with van der Waals surface area (Å²) >= 11 is 0. The molecule has 0 saturated heterocycles. The minimum absolute atomic E-state index is 0.105. The van der Waals surface area contributed by atoms with E-state index in [1.807, 2.05) is 4.90 Å². The van der Waals surface area contributed by atoms with E-state index in [0.717, 1.165) is 0 Å². The van der Waals surface area contributed by atoms with E-state index >= 15 is 0 Å². The van der Waals surface area contributed by atoms with Gasteiger partial charge in [-0.25, -0.2) is 8.42 Å². The molecule has 6 heteroatoms. The van der Waals surface area contributed by atoms with Crippen molar-refractivity contribution < 1.29 is 17.9 Å². The third-order valence-corrected chi connectivity index (χ3v) is 5.19. The van der Waals surface area contributed by atoms with Crippen LogP contribution >= 0.6 is 0 Å². The molecule has 0 amide bonds. The van der Waals surface area contributed by atoms with Crippen LogP contribution in [0.2, 0.25) is 0 Å². The lowest BCUT2D eigenvalue weighted by Gasteiger charge is -2.22. The van der Waals surface area contributed by atoms with Gasteiger partial charge < -0.3 is 9.64 Å². The molecule has 0 fully saturated rings. The van der Waals surface area contributed by atoms with Crippen molar-refractivity contribution in [1.29, 1.82) is 0 Å². The van der Waals surface area contributed by atoms with Gasteiger partial charge in [0, 0.05) is 13.1 Å². The molecule has 0 spiro atoms. The van der Waals surface area contributed by atoms with Crippen LogP contribution in [0.15, 0.2) is 0 Å². The average molecular weight is 265 g/mol. The van der Waals surface area contributed by atoms with Crippen molar-refractivity contribution in [1.82, 2.24) is 4.90 Å². The maximum absolute atomic E-state index is 11.8. The number of rotatable bonds is 6. The third kappa shape index (κ3) is 6.02. The van der Waals surface area contributed by atoms with Crippen molar-refractivity contribution >= 4 is 15.8 Å². The van der Waals surface area contributed by atoms with Crippen LogP contribution in [-0.4, -0.2) is 57.0 Å². The molecule has 0 aromatic rings. The minimum atomic E-state index is -3.09. The summed E-state index contributed by atoms with van der Waals surface area (Å²) in [5.74, 6) is -0.177. The van der Waals surface area contributed by atoms with E-state index in [9.17, 15) is 13.2 Å². The Balaban J connectivity index is 4.09. The predicted octanol–water partition coefficient (Wildman–Crippen LogP) is 0.695. The maximum Gasteiger partial charge on any atom is 0.306 e. The molecule has 0 atom stereocenters. The van der Waals surface area contributed by atoms with Gasteiger partial charge in [0.05, 0.1) is 24.0 Å². The molecule has 0 saturated carbocycles. The number of sulfone groups is 1. The Kier molecular flexibility index (Phi) is 6.12. The normalized spacial score (nSPS) is 12.8. The van der Waals surface area contributed by atoms with E-state index in [2.05, 4.69) is 4.74 Å². The molecule has 0 aliphatic carbocycles. The number of nitrogens with zero attached hydrogens (tertiary/aromatic N) is 1. The second kappa shape index (κ2) is 6.35. The smallest absolute Gasteiger partial charge is 0.306 e. The third-order valence-electron chi connectivity index (χ3n) is 2.60. The standard InChI is InChI=1S/C11H23NO4S/c1-11(2,3)17(14,15)9-8-12(4)7-6-10(13)16-5/h6-9H2,1-5H3. The van der Waals surface area contributed by atoms with E-state index in [0.29, 0.717) is 13.1 Å². The van der Waals surface area contributed by atoms with Crippen LogP contribution in [-0.2, 0) is 19.4 Å². The Labute approximate surface area is 104 Å². The van der Waals surface area contributed by atoms with E-state index in [1.54, 1.807) is 27.8 Å². The molecule has 17 heavy (non-hydrogen) atoms. The van der Waals surface area contributed by atoms with E-state index < -0.39 is 14.6 Å². The van der Waals surface area contributed by atoms with Crippen molar-refractivity contribution in [2.75, 3.05) is 33.0 Å². The minimum Gasteiger partial charge on any atom is -0.469 e. The summed E-state index contributed by atoms with van der Waals surface area (Å²) in [5.41, 5.74) is 0. The highest BCUT2D eigenvalue weighted by molar-refractivity contribution is 7.92. The second-order valence-corrected chi connectivity index (χ2v) is 7.92. The summed E-state index contributed by atoms with van der Waals surface area (Å²) in [6.45, 7) is 6.01. The van der Waals surface area contributed by atoms with Gasteiger partial charge in [-0.3, -0.25) is 4.79 Å². The fraction of sp³-hybridized carbons (Fsp3) is 0.909. The molecule has 0 aromatic carbocycles. The SMILES string of the molecule is COC(=O)CCN(C)CCS(=O)(=O)C(C)(C)C. The van der Waals surface area contributed by atoms with Crippen LogP contribution in [0.25, 0.3) is 0 Å². The molecule has 0 N–H and O–H groups in total. The van der Waals surface area contributed by atoms with Crippen LogP contribution in [0.3, 0.4) is 0 Å². The average Bonchev–Trinajstić information content (AvgIpc) is 2.21. The van der Waals surface area contributed by atoms with Gasteiger partial charge in [-0.2, -0.15) is 0 Å². The van der Waals surface area contributed by atoms with Crippen molar-refractivity contribution in [2.24, 2.45) is 0 Å². The first kappa shape index (κ1) is 16.4. The topological polar surface area (TPSA) is 63.7 Å². The monoisotopic (exact) mass is 265 g/mol. The summed E-state index contributed by atoms with van der Waals surface area (Å²) in [5, 5.41) is 0. The summed E-state index contributed by atoms with van der Waals surface area (Å²) in [6.07, 6.45) is 0.280. The lowest BCUT2D eigenvalue weighted by Crippen LogP contribution is -2.36. The number of carbonyl (C=O) groups excluding carboxylic acids is 1. The van der Waals surface area contributed by atoms with Gasteiger partial charge in [-0.05, 0) is 27.8 Å². The zero-order valence-corrected chi connectivity index (χ0v) is 12.1. The maximum atomic E-state index is 11.8. The van der Waals surface area contributed by atoms with Gasteiger partial charge in [0.1, 0.15) is 0 Å². The predicted molar refractivity (Wildman–Crippen MR) is 67.7 cm³/mol. The van der Waals surface area contributed by atoms with Gasteiger partial charge in [-0.1, -0.05) is 0 Å². The molecule has 5 nitrogen and oxygen atoms in total. The van der Waals surface area contributed by atoms with Crippen LogP contribution in [0.4, 0.5) is 0 Å². The van der Waals surface area contributed by atoms with Gasteiger partial charge in [0.25, 0.3) is 0 Å². The molecule has 0 unspecified atom stereocenters. The molecule has 0 aromatic heterocycles. The van der Waals surface area contributed by atoms with Gasteiger partial charge in [0.15, 0.2) is 9.84 Å². The number of hydrogen-bond acceptors (Lipinski definition) is 5. The summed E-state index contributed by atoms with van der Waals surface area (Å²) in [6, 6.07) is 0. The molecular formula is C11H23NO4S. The first-order chi connectivity index (χ1) is 7.60. The lowest BCUT2D eigenvalue weighted by molar-refractivity contribution is -0.140. The molecule has 0 rings (SSSR count). The fourth-order valence-corrected chi connectivity index (χ4v) is 2.24. The molecular weight excluding hydrogens is 242 g/mol. The van der Waals surface area contributed by atoms with Crippen molar-refractivity contribution in [3.8, 4) is 0 Å². The Bertz CT molecular complexity index is 343. The number of hydrogen-bond donors (Lipinski definition) is 0. The lowest BCUT2D eigenvalue weighted by atomic mass is 10.3. The highest BCUT2D eigenvalue weighted by atomic mass is 32.2. The van der Waals surface area contributed by atoms with Crippen LogP contribution < -0.4 is 0 Å². The number of ether oxygens (including phenoxy) is 1. The van der Waals surface area contributed by atoms with Crippen molar-refractivity contribution in [2.45, 2.75) is 31.9 Å². The molecule has 0 aliphatic rings.